The predicted octanol–water partition coefficient (Wildman–Crippen LogP) is 3.16. The highest BCUT2D eigenvalue weighted by Crippen LogP contribution is 2.24. The normalized spacial score (nSPS) is 9.77. The number of nitrogens with one attached hydrogen (secondary N) is 1. The average molecular weight is 218 g/mol. The fraction of sp³-hybridized carbons (Fsp3) is 0.222. The molecule has 1 aromatic carbocycles. The third-order valence-corrected chi connectivity index (χ3v) is 2.35. The first kappa shape index (κ1) is 10.4. The third-order valence-electron chi connectivity index (χ3n) is 1.65. The van der Waals surface area contributed by atoms with Gasteiger partial charge >= 0.3 is 0 Å². The summed E-state index contributed by atoms with van der Waals surface area (Å²) in [7, 11) is 1.45. The molecule has 0 saturated heterocycles. The van der Waals surface area contributed by atoms with Crippen LogP contribution in [0.2, 0.25) is 10.0 Å². The molecule has 1 aromatic rings. The standard InChI is InChI=1S/C9H9Cl2NO/c1-13-9(12)5-6-7(10)3-2-4-8(6)11/h2-4,12H,5H2,1H3. The number of methoxy groups -OCH3 is 1. The van der Waals surface area contributed by atoms with Crippen LogP contribution in [0.4, 0.5) is 0 Å². The topological polar surface area (TPSA) is 33.1 Å². The van der Waals surface area contributed by atoms with Crippen LogP contribution in [0.15, 0.2) is 18.2 Å². The molecule has 1 N–H and O–H groups in total. The van der Waals surface area contributed by atoms with Crippen LogP contribution in [-0.4, -0.2) is 13.0 Å². The van der Waals surface area contributed by atoms with E-state index < -0.39 is 0 Å². The number of hydrogen-bond donors (Lipinski definition) is 1. The van der Waals surface area contributed by atoms with Crippen molar-refractivity contribution in [2.45, 2.75) is 6.42 Å². The number of hydrogen-bond acceptors (Lipinski definition) is 2. The summed E-state index contributed by atoms with van der Waals surface area (Å²) in [5, 5.41) is 8.46. The highest BCUT2D eigenvalue weighted by atomic mass is 35.5. The number of ether oxygens (including phenoxy) is 1. The maximum absolute atomic E-state index is 7.33. The van der Waals surface area contributed by atoms with Gasteiger partial charge in [-0.2, -0.15) is 0 Å². The molecule has 0 radical (unpaired) electrons. The van der Waals surface area contributed by atoms with Gasteiger partial charge in [0.2, 0.25) is 0 Å². The third kappa shape index (κ3) is 2.61. The SMILES string of the molecule is COC(=N)Cc1c(Cl)cccc1Cl. The molecule has 0 aliphatic heterocycles. The van der Waals surface area contributed by atoms with Crippen molar-refractivity contribution in [3.63, 3.8) is 0 Å². The average Bonchev–Trinajstić information content (AvgIpc) is 2.11. The van der Waals surface area contributed by atoms with Crippen molar-refractivity contribution in [1.29, 1.82) is 5.41 Å². The summed E-state index contributed by atoms with van der Waals surface area (Å²) < 4.78 is 4.73. The maximum atomic E-state index is 7.33. The van der Waals surface area contributed by atoms with Crippen molar-refractivity contribution in [2.75, 3.05) is 7.11 Å². The molecule has 0 heterocycles. The van der Waals surface area contributed by atoms with Gasteiger partial charge in [0.25, 0.3) is 0 Å². The Balaban J connectivity index is 2.93. The molecule has 0 spiro atoms. The van der Waals surface area contributed by atoms with E-state index in [9.17, 15) is 0 Å². The molecule has 0 unspecified atom stereocenters. The van der Waals surface area contributed by atoms with Crippen LogP contribution >= 0.6 is 23.2 Å². The minimum Gasteiger partial charge on any atom is -0.484 e. The largest absolute Gasteiger partial charge is 0.484 e. The minimum atomic E-state index is 0.148. The fourth-order valence-electron chi connectivity index (χ4n) is 0.934. The van der Waals surface area contributed by atoms with Crippen LogP contribution in [0.25, 0.3) is 0 Å². The summed E-state index contributed by atoms with van der Waals surface area (Å²) in [4.78, 5) is 0. The van der Waals surface area contributed by atoms with E-state index in [1.165, 1.54) is 7.11 Å². The number of halogens is 2. The van der Waals surface area contributed by atoms with E-state index in [4.69, 9.17) is 33.3 Å². The lowest BCUT2D eigenvalue weighted by atomic mass is 10.1. The van der Waals surface area contributed by atoms with Crippen molar-refractivity contribution >= 4 is 29.1 Å². The van der Waals surface area contributed by atoms with Gasteiger partial charge in [0.05, 0.1) is 13.5 Å². The summed E-state index contributed by atoms with van der Waals surface area (Å²) in [6.45, 7) is 0. The van der Waals surface area contributed by atoms with E-state index in [-0.39, 0.29) is 5.90 Å². The van der Waals surface area contributed by atoms with Gasteiger partial charge in [-0.15, -0.1) is 0 Å². The molecule has 0 bridgehead atoms. The van der Waals surface area contributed by atoms with Gasteiger partial charge in [-0.3, -0.25) is 5.41 Å². The van der Waals surface area contributed by atoms with Crippen molar-refractivity contribution in [2.24, 2.45) is 0 Å². The Morgan fingerprint density at radius 3 is 2.38 bits per heavy atom. The Bertz CT molecular complexity index is 305. The number of benzene rings is 1. The Labute approximate surface area is 86.9 Å². The monoisotopic (exact) mass is 217 g/mol. The highest BCUT2D eigenvalue weighted by molar-refractivity contribution is 6.36. The quantitative estimate of drug-likeness (QED) is 0.600. The van der Waals surface area contributed by atoms with Gasteiger partial charge in [-0.1, -0.05) is 29.3 Å². The zero-order valence-corrected chi connectivity index (χ0v) is 8.62. The first-order chi connectivity index (χ1) is 6.15. The highest BCUT2D eigenvalue weighted by Gasteiger charge is 2.07. The molecular weight excluding hydrogens is 209 g/mol. The summed E-state index contributed by atoms with van der Waals surface area (Å²) >= 11 is 11.8. The van der Waals surface area contributed by atoms with Gasteiger partial charge in [-0.05, 0) is 17.7 Å². The Morgan fingerprint density at radius 1 is 1.38 bits per heavy atom. The lowest BCUT2D eigenvalue weighted by Crippen LogP contribution is -2.04. The van der Waals surface area contributed by atoms with Gasteiger partial charge in [0, 0.05) is 10.0 Å². The molecular formula is C9H9Cl2NO. The molecule has 2 nitrogen and oxygen atoms in total. The Kier molecular flexibility index (Phi) is 3.58. The van der Waals surface area contributed by atoms with Crippen LogP contribution in [-0.2, 0) is 11.2 Å². The molecule has 0 aliphatic rings. The Morgan fingerprint density at radius 2 is 1.92 bits per heavy atom. The lowest BCUT2D eigenvalue weighted by Gasteiger charge is -2.06. The molecule has 0 aromatic heterocycles. The van der Waals surface area contributed by atoms with Crippen molar-refractivity contribution in [3.05, 3.63) is 33.8 Å². The van der Waals surface area contributed by atoms with Crippen LogP contribution in [0.5, 0.6) is 0 Å². The smallest absolute Gasteiger partial charge is 0.184 e. The summed E-state index contributed by atoms with van der Waals surface area (Å²) in [6, 6.07) is 5.25. The second-order valence-corrected chi connectivity index (χ2v) is 3.32. The van der Waals surface area contributed by atoms with Gasteiger partial charge < -0.3 is 4.74 Å². The molecule has 13 heavy (non-hydrogen) atoms. The van der Waals surface area contributed by atoms with Gasteiger partial charge in [0.15, 0.2) is 5.90 Å². The van der Waals surface area contributed by atoms with E-state index in [1.807, 2.05) is 0 Å². The van der Waals surface area contributed by atoms with E-state index in [2.05, 4.69) is 0 Å². The van der Waals surface area contributed by atoms with Crippen LogP contribution in [0.3, 0.4) is 0 Å². The molecule has 4 heteroatoms. The van der Waals surface area contributed by atoms with Crippen molar-refractivity contribution in [1.82, 2.24) is 0 Å². The second-order valence-electron chi connectivity index (χ2n) is 2.50. The van der Waals surface area contributed by atoms with Crippen molar-refractivity contribution in [3.8, 4) is 0 Å². The van der Waals surface area contributed by atoms with Crippen LogP contribution in [0.1, 0.15) is 5.56 Å². The van der Waals surface area contributed by atoms with Crippen molar-refractivity contribution < 1.29 is 4.74 Å². The molecule has 0 atom stereocenters. The molecule has 0 saturated carbocycles. The van der Waals surface area contributed by atoms with E-state index in [0.29, 0.717) is 16.5 Å². The van der Waals surface area contributed by atoms with Gasteiger partial charge in [0.1, 0.15) is 0 Å². The molecule has 70 valence electrons. The first-order valence-corrected chi connectivity index (χ1v) is 4.45. The van der Waals surface area contributed by atoms with E-state index in [1.54, 1.807) is 18.2 Å². The molecule has 1 rings (SSSR count). The zero-order valence-electron chi connectivity index (χ0n) is 7.10. The summed E-state index contributed by atoms with van der Waals surface area (Å²) in [6.07, 6.45) is 0.328. The van der Waals surface area contributed by atoms with E-state index >= 15 is 0 Å². The number of rotatable bonds is 2. The van der Waals surface area contributed by atoms with Gasteiger partial charge in [-0.25, -0.2) is 0 Å². The summed E-state index contributed by atoms with van der Waals surface area (Å²) in [5.41, 5.74) is 0.734. The Hall–Kier alpha value is -0.730. The first-order valence-electron chi connectivity index (χ1n) is 3.69. The van der Waals surface area contributed by atoms with Crippen LogP contribution < -0.4 is 0 Å². The molecule has 0 amide bonds. The second kappa shape index (κ2) is 4.49. The zero-order chi connectivity index (χ0) is 9.84. The lowest BCUT2D eigenvalue weighted by molar-refractivity contribution is 0.390. The fourth-order valence-corrected chi connectivity index (χ4v) is 1.47. The molecule has 0 fully saturated rings. The maximum Gasteiger partial charge on any atom is 0.184 e. The van der Waals surface area contributed by atoms with Crippen LogP contribution in [0, 0.1) is 5.41 Å². The van der Waals surface area contributed by atoms with E-state index in [0.717, 1.165) is 5.56 Å². The predicted molar refractivity (Wildman–Crippen MR) is 54.9 cm³/mol. The minimum absolute atomic E-state index is 0.148. The summed E-state index contributed by atoms with van der Waals surface area (Å²) in [5.74, 6) is 0.148. The molecule has 0 aliphatic carbocycles.